The molecule has 9 heteroatoms. The summed E-state index contributed by atoms with van der Waals surface area (Å²) in [5.41, 5.74) is -1.03. The molecule has 2 heterocycles. The van der Waals surface area contributed by atoms with Crippen molar-refractivity contribution in [3.05, 3.63) is 12.4 Å². The second kappa shape index (κ2) is 5.47. The van der Waals surface area contributed by atoms with E-state index in [1.165, 1.54) is 6.20 Å². The van der Waals surface area contributed by atoms with Gasteiger partial charge >= 0.3 is 5.97 Å². The fourth-order valence-corrected chi connectivity index (χ4v) is 2.75. The molecular weight excluding hydrogens is 276 g/mol. The second-order valence-electron chi connectivity index (χ2n) is 4.17. The maximum absolute atomic E-state index is 10.9. The van der Waals surface area contributed by atoms with Gasteiger partial charge in [0.1, 0.15) is 23.7 Å². The number of ether oxygens (including phenoxy) is 1. The molecule has 106 valence electrons. The van der Waals surface area contributed by atoms with Gasteiger partial charge in [0.2, 0.25) is 0 Å². The highest BCUT2D eigenvalue weighted by atomic mass is 32.2. The summed E-state index contributed by atoms with van der Waals surface area (Å²) in [5.74, 6) is -1.40. The fraction of sp³-hybridized carbons (Fsp3) is 0.600. The van der Waals surface area contributed by atoms with Gasteiger partial charge in [0, 0.05) is 19.4 Å². The van der Waals surface area contributed by atoms with Crippen molar-refractivity contribution < 1.29 is 30.0 Å². The minimum absolute atomic E-state index is 0.497. The molecule has 0 amide bonds. The van der Waals surface area contributed by atoms with E-state index < -0.39 is 35.8 Å². The Balaban J connectivity index is 2.15. The molecule has 1 aromatic rings. The molecule has 1 aliphatic heterocycles. The number of aliphatic hydroxyl groups excluding tert-OH is 3. The third-order valence-electron chi connectivity index (χ3n) is 2.81. The Morgan fingerprint density at radius 2 is 2.05 bits per heavy atom. The predicted octanol–water partition coefficient (Wildman–Crippen LogP) is -1.60. The number of hydrogen-bond donors (Lipinski definition) is 4. The lowest BCUT2D eigenvalue weighted by molar-refractivity contribution is -0.209. The van der Waals surface area contributed by atoms with Crippen LogP contribution in [0.3, 0.4) is 0 Å². The first-order valence-corrected chi connectivity index (χ1v) is 6.36. The Bertz CT molecular complexity index is 467. The summed E-state index contributed by atoms with van der Waals surface area (Å²) in [6.07, 6.45) is -3.04. The van der Waals surface area contributed by atoms with Crippen molar-refractivity contribution in [1.29, 1.82) is 0 Å². The zero-order valence-electron chi connectivity index (χ0n) is 9.95. The summed E-state index contributed by atoms with van der Waals surface area (Å²) in [6.45, 7) is 0. The van der Waals surface area contributed by atoms with Gasteiger partial charge in [-0.15, -0.1) is 0 Å². The summed E-state index contributed by atoms with van der Waals surface area (Å²) >= 11 is 0.978. The van der Waals surface area contributed by atoms with E-state index in [-0.39, 0.29) is 0 Å². The van der Waals surface area contributed by atoms with Crippen LogP contribution in [0.15, 0.2) is 17.6 Å². The topological polar surface area (TPSA) is 125 Å². The first-order chi connectivity index (χ1) is 8.91. The Morgan fingerprint density at radius 3 is 2.58 bits per heavy atom. The van der Waals surface area contributed by atoms with Crippen LogP contribution in [-0.2, 0) is 16.6 Å². The van der Waals surface area contributed by atoms with E-state index >= 15 is 0 Å². The standard InChI is InChI=1S/C10H14N2O6S/c1-12-3-2-11-10(12)19-9-6(15)4(13)5(14)7(18-9)8(16)17/h2-7,9,13-15H,1H3,(H,16,17). The number of rotatable bonds is 3. The van der Waals surface area contributed by atoms with Crippen molar-refractivity contribution in [3.8, 4) is 0 Å². The van der Waals surface area contributed by atoms with Crippen molar-refractivity contribution in [3.63, 3.8) is 0 Å². The van der Waals surface area contributed by atoms with E-state index in [1.54, 1.807) is 17.8 Å². The van der Waals surface area contributed by atoms with Crippen LogP contribution in [0.25, 0.3) is 0 Å². The zero-order chi connectivity index (χ0) is 14.2. The molecule has 0 aromatic carbocycles. The zero-order valence-corrected chi connectivity index (χ0v) is 10.8. The average molecular weight is 290 g/mol. The molecule has 0 radical (unpaired) electrons. The molecule has 1 saturated heterocycles. The third-order valence-corrected chi connectivity index (χ3v) is 4.04. The van der Waals surface area contributed by atoms with Crippen LogP contribution in [0.2, 0.25) is 0 Å². The Labute approximate surface area is 112 Å². The number of nitrogens with zero attached hydrogens (tertiary/aromatic N) is 2. The Morgan fingerprint density at radius 1 is 1.37 bits per heavy atom. The lowest BCUT2D eigenvalue weighted by Crippen LogP contribution is -2.58. The van der Waals surface area contributed by atoms with Crippen LogP contribution in [0.1, 0.15) is 0 Å². The minimum Gasteiger partial charge on any atom is -0.479 e. The van der Waals surface area contributed by atoms with Gasteiger partial charge in [0.15, 0.2) is 11.3 Å². The first kappa shape index (κ1) is 14.3. The molecule has 0 bridgehead atoms. The predicted molar refractivity (Wildman–Crippen MR) is 63.4 cm³/mol. The lowest BCUT2D eigenvalue weighted by atomic mass is 10.0. The van der Waals surface area contributed by atoms with Crippen molar-refractivity contribution in [2.45, 2.75) is 35.0 Å². The quantitative estimate of drug-likeness (QED) is 0.525. The molecule has 0 spiro atoms. The van der Waals surface area contributed by atoms with Gasteiger partial charge in [0.25, 0.3) is 0 Å². The van der Waals surface area contributed by atoms with Crippen LogP contribution in [0, 0.1) is 0 Å². The summed E-state index contributed by atoms with van der Waals surface area (Å²) < 4.78 is 6.78. The van der Waals surface area contributed by atoms with E-state index in [9.17, 15) is 20.1 Å². The van der Waals surface area contributed by atoms with E-state index in [1.807, 2.05) is 0 Å². The largest absolute Gasteiger partial charge is 0.479 e. The maximum Gasteiger partial charge on any atom is 0.335 e. The van der Waals surface area contributed by atoms with Crippen molar-refractivity contribution in [2.24, 2.45) is 7.05 Å². The number of aromatic nitrogens is 2. The summed E-state index contributed by atoms with van der Waals surface area (Å²) in [5, 5.41) is 38.4. The van der Waals surface area contributed by atoms with Gasteiger partial charge < -0.3 is 29.7 Å². The van der Waals surface area contributed by atoms with E-state index in [0.29, 0.717) is 5.16 Å². The van der Waals surface area contributed by atoms with Crippen LogP contribution >= 0.6 is 11.8 Å². The third kappa shape index (κ3) is 2.74. The lowest BCUT2D eigenvalue weighted by Gasteiger charge is -2.38. The maximum atomic E-state index is 10.9. The summed E-state index contributed by atoms with van der Waals surface area (Å²) in [6, 6.07) is 0. The Hall–Kier alpha value is -1.13. The highest BCUT2D eigenvalue weighted by molar-refractivity contribution is 7.99. The summed E-state index contributed by atoms with van der Waals surface area (Å²) in [4.78, 5) is 14.9. The molecule has 1 fully saturated rings. The van der Waals surface area contributed by atoms with Crippen molar-refractivity contribution >= 4 is 17.7 Å². The first-order valence-electron chi connectivity index (χ1n) is 5.48. The number of carboxylic acids is 1. The normalized spacial score (nSPS) is 35.3. The molecule has 0 saturated carbocycles. The number of imidazole rings is 1. The van der Waals surface area contributed by atoms with Gasteiger partial charge in [-0.2, -0.15) is 0 Å². The smallest absolute Gasteiger partial charge is 0.335 e. The minimum atomic E-state index is -1.68. The van der Waals surface area contributed by atoms with Crippen molar-refractivity contribution in [1.82, 2.24) is 9.55 Å². The SMILES string of the molecule is Cn1ccnc1SC1OC(C(=O)O)C(O)C(O)C1O. The molecule has 4 N–H and O–H groups in total. The Kier molecular flexibility index (Phi) is 4.11. The number of aliphatic hydroxyl groups is 3. The molecule has 19 heavy (non-hydrogen) atoms. The van der Waals surface area contributed by atoms with Gasteiger partial charge in [-0.1, -0.05) is 11.8 Å². The molecular formula is C10H14N2O6S. The molecule has 2 rings (SSSR count). The number of carboxylic acid groups (broad SMARTS) is 1. The van der Waals surface area contributed by atoms with Crippen LogP contribution in [-0.4, -0.2) is 65.8 Å². The molecule has 5 atom stereocenters. The van der Waals surface area contributed by atoms with E-state index in [4.69, 9.17) is 9.84 Å². The molecule has 1 aromatic heterocycles. The van der Waals surface area contributed by atoms with Crippen LogP contribution in [0.4, 0.5) is 0 Å². The number of thioether (sulfide) groups is 1. The monoisotopic (exact) mass is 290 g/mol. The van der Waals surface area contributed by atoms with Crippen LogP contribution in [0.5, 0.6) is 0 Å². The number of aliphatic carboxylic acids is 1. The van der Waals surface area contributed by atoms with Gasteiger partial charge in [-0.05, 0) is 0 Å². The van der Waals surface area contributed by atoms with Crippen molar-refractivity contribution in [2.75, 3.05) is 0 Å². The number of hydrogen-bond acceptors (Lipinski definition) is 7. The van der Waals surface area contributed by atoms with Gasteiger partial charge in [-0.25, -0.2) is 9.78 Å². The fourth-order valence-electron chi connectivity index (χ4n) is 1.72. The molecule has 8 nitrogen and oxygen atoms in total. The number of aryl methyl sites for hydroxylation is 1. The van der Waals surface area contributed by atoms with E-state index in [0.717, 1.165) is 11.8 Å². The highest BCUT2D eigenvalue weighted by Gasteiger charge is 2.47. The molecule has 5 unspecified atom stereocenters. The van der Waals surface area contributed by atoms with Crippen LogP contribution < -0.4 is 0 Å². The number of carbonyl (C=O) groups is 1. The average Bonchev–Trinajstić information content (AvgIpc) is 2.75. The molecule has 1 aliphatic rings. The summed E-state index contributed by atoms with van der Waals surface area (Å²) in [7, 11) is 1.73. The van der Waals surface area contributed by atoms with Gasteiger partial charge in [0.05, 0.1) is 0 Å². The van der Waals surface area contributed by atoms with Gasteiger partial charge in [-0.3, -0.25) is 0 Å². The second-order valence-corrected chi connectivity index (χ2v) is 5.24. The highest BCUT2D eigenvalue weighted by Crippen LogP contribution is 2.32. The molecule has 0 aliphatic carbocycles. The van der Waals surface area contributed by atoms with E-state index in [2.05, 4.69) is 4.98 Å².